The van der Waals surface area contributed by atoms with Crippen molar-refractivity contribution in [3.05, 3.63) is 81.3 Å². The number of ether oxygens (including phenoxy) is 1. The Kier molecular flexibility index (Phi) is 5.96. The minimum absolute atomic E-state index is 0.0193. The molecule has 0 radical (unpaired) electrons. The highest BCUT2D eigenvalue weighted by molar-refractivity contribution is 7.98. The van der Waals surface area contributed by atoms with Gasteiger partial charge < -0.3 is 4.74 Å². The van der Waals surface area contributed by atoms with Gasteiger partial charge in [0.05, 0.1) is 33.9 Å². The van der Waals surface area contributed by atoms with Crippen LogP contribution >= 0.6 is 23.1 Å². The van der Waals surface area contributed by atoms with Gasteiger partial charge in [-0.2, -0.15) is 0 Å². The van der Waals surface area contributed by atoms with E-state index in [1.807, 2.05) is 24.4 Å². The average Bonchev–Trinajstić information content (AvgIpc) is 3.29. The second-order valence-electron chi connectivity index (χ2n) is 6.59. The van der Waals surface area contributed by atoms with Crippen molar-refractivity contribution in [2.24, 2.45) is 0 Å². The molecule has 0 saturated carbocycles. The Morgan fingerprint density at radius 2 is 1.73 bits per heavy atom. The van der Waals surface area contributed by atoms with Gasteiger partial charge in [-0.15, -0.1) is 23.1 Å². The third kappa shape index (κ3) is 4.15. The fourth-order valence-electron chi connectivity index (χ4n) is 3.14. The summed E-state index contributed by atoms with van der Waals surface area (Å²) in [4.78, 5) is 43.7. The van der Waals surface area contributed by atoms with Crippen LogP contribution in [-0.4, -0.2) is 40.8 Å². The Balaban J connectivity index is 1.36. The Bertz CT molecular complexity index is 1090. The lowest BCUT2D eigenvalue weighted by Gasteiger charge is -2.14. The number of thiazole rings is 1. The summed E-state index contributed by atoms with van der Waals surface area (Å²) < 4.78 is 5.37. The van der Waals surface area contributed by atoms with Gasteiger partial charge in [0.2, 0.25) is 0 Å². The van der Waals surface area contributed by atoms with Crippen LogP contribution in [0.25, 0.3) is 0 Å². The Morgan fingerprint density at radius 1 is 1.07 bits per heavy atom. The monoisotopic (exact) mass is 438 g/mol. The number of hydrogen-bond donors (Lipinski definition) is 0. The van der Waals surface area contributed by atoms with Crippen LogP contribution in [0.3, 0.4) is 0 Å². The van der Waals surface area contributed by atoms with Crippen LogP contribution in [0.1, 0.15) is 41.8 Å². The summed E-state index contributed by atoms with van der Waals surface area (Å²) in [6.45, 7) is 1.92. The molecule has 0 saturated heterocycles. The fraction of sp³-hybridized carbons (Fsp3) is 0.182. The molecular formula is C22H18N2O4S2. The molecule has 0 spiro atoms. The molecule has 6 nitrogen and oxygen atoms in total. The quantitative estimate of drug-likeness (QED) is 0.313. The van der Waals surface area contributed by atoms with Crippen LogP contribution in [0.4, 0.5) is 0 Å². The molecule has 0 atom stereocenters. The number of esters is 1. The molecule has 2 aromatic carbocycles. The smallest absolute Gasteiger partial charge is 0.339 e. The van der Waals surface area contributed by atoms with Crippen molar-refractivity contribution < 1.29 is 19.1 Å². The fourth-order valence-corrected chi connectivity index (χ4v) is 4.79. The van der Waals surface area contributed by atoms with Gasteiger partial charge in [0.15, 0.2) is 0 Å². The van der Waals surface area contributed by atoms with Crippen molar-refractivity contribution in [2.45, 2.75) is 17.6 Å². The normalized spacial score (nSPS) is 12.9. The van der Waals surface area contributed by atoms with Gasteiger partial charge in [0, 0.05) is 16.0 Å². The topological polar surface area (TPSA) is 76.6 Å². The SMILES string of the molecule is Cc1nc(CSc2ccccc2C(=O)OCCN2C(=O)c3ccccc3C2=O)cs1. The number of aromatic nitrogens is 1. The van der Waals surface area contributed by atoms with Crippen molar-refractivity contribution >= 4 is 40.9 Å². The third-order valence-corrected chi connectivity index (χ3v) is 6.50. The first-order chi connectivity index (χ1) is 14.5. The highest BCUT2D eigenvalue weighted by Crippen LogP contribution is 2.27. The molecule has 2 heterocycles. The van der Waals surface area contributed by atoms with Crippen LogP contribution in [0.5, 0.6) is 0 Å². The van der Waals surface area contributed by atoms with Crippen molar-refractivity contribution in [1.82, 2.24) is 9.88 Å². The predicted octanol–water partition coefficient (Wildman–Crippen LogP) is 4.20. The first kappa shape index (κ1) is 20.3. The van der Waals surface area contributed by atoms with Crippen molar-refractivity contribution in [2.75, 3.05) is 13.2 Å². The minimum Gasteiger partial charge on any atom is -0.460 e. The van der Waals surface area contributed by atoms with E-state index in [1.165, 1.54) is 11.8 Å². The number of carbonyl (C=O) groups excluding carboxylic acids is 3. The van der Waals surface area contributed by atoms with Gasteiger partial charge in [-0.05, 0) is 31.2 Å². The lowest BCUT2D eigenvalue weighted by atomic mass is 10.1. The van der Waals surface area contributed by atoms with Crippen LogP contribution in [-0.2, 0) is 10.5 Å². The number of fused-ring (bicyclic) bond motifs is 1. The number of nitrogens with zero attached hydrogens (tertiary/aromatic N) is 2. The summed E-state index contributed by atoms with van der Waals surface area (Å²) in [5, 5.41) is 3.01. The number of aryl methyl sites for hydroxylation is 1. The minimum atomic E-state index is -0.482. The van der Waals surface area contributed by atoms with E-state index in [9.17, 15) is 14.4 Å². The number of carbonyl (C=O) groups is 3. The Hall–Kier alpha value is -2.97. The van der Waals surface area contributed by atoms with E-state index < -0.39 is 5.97 Å². The van der Waals surface area contributed by atoms with E-state index in [-0.39, 0.29) is 25.0 Å². The molecule has 2 amide bonds. The molecular weight excluding hydrogens is 420 g/mol. The molecule has 1 aliphatic heterocycles. The van der Waals surface area contributed by atoms with Gasteiger partial charge >= 0.3 is 5.97 Å². The summed E-state index contributed by atoms with van der Waals surface area (Å²) in [7, 11) is 0. The van der Waals surface area contributed by atoms with Crippen molar-refractivity contribution in [1.29, 1.82) is 0 Å². The molecule has 152 valence electrons. The largest absolute Gasteiger partial charge is 0.460 e. The van der Waals surface area contributed by atoms with Gasteiger partial charge in [-0.3, -0.25) is 14.5 Å². The van der Waals surface area contributed by atoms with Gasteiger partial charge in [0.25, 0.3) is 11.8 Å². The second-order valence-corrected chi connectivity index (χ2v) is 8.67. The summed E-state index contributed by atoms with van der Waals surface area (Å²) in [6, 6.07) is 13.9. The lowest BCUT2D eigenvalue weighted by molar-refractivity contribution is 0.0417. The van der Waals surface area contributed by atoms with Gasteiger partial charge in [-0.25, -0.2) is 9.78 Å². The molecule has 0 fully saturated rings. The van der Waals surface area contributed by atoms with E-state index in [0.29, 0.717) is 22.4 Å². The zero-order chi connectivity index (χ0) is 21.1. The number of benzene rings is 2. The van der Waals surface area contributed by atoms with E-state index in [2.05, 4.69) is 4.98 Å². The Labute approximate surface area is 181 Å². The zero-order valence-electron chi connectivity index (χ0n) is 16.2. The summed E-state index contributed by atoms with van der Waals surface area (Å²) >= 11 is 3.11. The van der Waals surface area contributed by atoms with E-state index in [1.54, 1.807) is 47.7 Å². The van der Waals surface area contributed by atoms with Gasteiger partial charge in [-0.1, -0.05) is 24.3 Å². The maximum atomic E-state index is 12.6. The van der Waals surface area contributed by atoms with Crippen LogP contribution in [0, 0.1) is 6.92 Å². The molecule has 0 aliphatic carbocycles. The predicted molar refractivity (Wildman–Crippen MR) is 115 cm³/mol. The lowest BCUT2D eigenvalue weighted by Crippen LogP contribution is -2.33. The highest BCUT2D eigenvalue weighted by atomic mass is 32.2. The molecule has 1 aromatic heterocycles. The number of thioether (sulfide) groups is 1. The number of rotatable bonds is 7. The number of hydrogen-bond acceptors (Lipinski definition) is 7. The summed E-state index contributed by atoms with van der Waals surface area (Å²) in [5.74, 6) is -0.546. The molecule has 0 bridgehead atoms. The first-order valence-electron chi connectivity index (χ1n) is 9.30. The van der Waals surface area contributed by atoms with E-state index >= 15 is 0 Å². The molecule has 0 unspecified atom stereocenters. The maximum Gasteiger partial charge on any atom is 0.339 e. The average molecular weight is 439 g/mol. The van der Waals surface area contributed by atoms with E-state index in [4.69, 9.17) is 4.74 Å². The molecule has 8 heteroatoms. The summed E-state index contributed by atoms with van der Waals surface area (Å²) in [5.41, 5.74) is 2.19. The molecule has 3 aromatic rings. The van der Waals surface area contributed by atoms with Crippen molar-refractivity contribution in [3.63, 3.8) is 0 Å². The number of amides is 2. The van der Waals surface area contributed by atoms with Gasteiger partial charge in [0.1, 0.15) is 6.61 Å². The number of imide groups is 1. The van der Waals surface area contributed by atoms with Crippen LogP contribution in [0.15, 0.2) is 58.8 Å². The third-order valence-electron chi connectivity index (χ3n) is 4.58. The van der Waals surface area contributed by atoms with E-state index in [0.717, 1.165) is 20.5 Å². The first-order valence-corrected chi connectivity index (χ1v) is 11.2. The molecule has 4 rings (SSSR count). The second kappa shape index (κ2) is 8.81. The highest BCUT2D eigenvalue weighted by Gasteiger charge is 2.34. The molecule has 1 aliphatic rings. The van der Waals surface area contributed by atoms with Crippen LogP contribution < -0.4 is 0 Å². The standard InChI is InChI=1S/C22H18N2O4S2/c1-14-23-15(12-29-14)13-30-19-9-5-4-8-18(19)22(27)28-11-10-24-20(25)16-6-2-3-7-17(16)21(24)26/h2-9,12H,10-11,13H2,1H3. The maximum absolute atomic E-state index is 12.6. The van der Waals surface area contributed by atoms with Crippen molar-refractivity contribution in [3.8, 4) is 0 Å². The zero-order valence-corrected chi connectivity index (χ0v) is 17.8. The van der Waals surface area contributed by atoms with Crippen LogP contribution in [0.2, 0.25) is 0 Å². The molecule has 0 N–H and O–H groups in total. The Morgan fingerprint density at radius 3 is 2.40 bits per heavy atom. The molecule has 30 heavy (non-hydrogen) atoms. The summed E-state index contributed by atoms with van der Waals surface area (Å²) in [6.07, 6.45) is 0.